The molecule has 2 aromatic rings. The molecule has 0 atom stereocenters. The average Bonchev–Trinajstić information content (AvgIpc) is 2.65. The van der Waals surface area contributed by atoms with Crippen molar-refractivity contribution >= 4 is 32.6 Å². The van der Waals surface area contributed by atoms with Crippen LogP contribution in [0.25, 0.3) is 0 Å². The molecule has 0 fully saturated rings. The average molecular weight is 213 g/mol. The van der Waals surface area contributed by atoms with Crippen LogP contribution in [0.4, 0.5) is 11.7 Å². The van der Waals surface area contributed by atoms with E-state index in [0.29, 0.717) is 16.3 Å². The van der Waals surface area contributed by atoms with Gasteiger partial charge in [0.05, 0.1) is 12.4 Å². The highest BCUT2D eigenvalue weighted by atomic mass is 27.0. The number of rotatable bonds is 2. The zero-order chi connectivity index (χ0) is 10.7. The molecular formula is C9H6AlN4O+. The molecule has 0 bridgehead atoms. The number of pyridine rings is 1. The van der Waals surface area contributed by atoms with Crippen molar-refractivity contribution in [2.24, 2.45) is 0 Å². The number of hydrogen-bond acceptors (Lipinski definition) is 4. The van der Waals surface area contributed by atoms with Crippen molar-refractivity contribution in [2.45, 2.75) is 0 Å². The first-order chi connectivity index (χ1) is 7.28. The second-order valence-corrected chi connectivity index (χ2v) is 3.40. The van der Waals surface area contributed by atoms with Gasteiger partial charge in [0.1, 0.15) is 11.8 Å². The number of nitriles is 1. The smallest absolute Gasteiger partial charge is 0.404 e. The van der Waals surface area contributed by atoms with Crippen LogP contribution in [0.2, 0.25) is 0 Å². The molecular weight excluding hydrogens is 207 g/mol. The molecule has 0 spiro atoms. The summed E-state index contributed by atoms with van der Waals surface area (Å²) in [6, 6.07) is 5.91. The van der Waals surface area contributed by atoms with E-state index < -0.39 is 0 Å². The number of quaternary nitrogens is 1. The third-order valence-corrected chi connectivity index (χ3v) is 2.00. The minimum atomic E-state index is 0.395. The van der Waals surface area contributed by atoms with E-state index in [2.05, 4.69) is 26.3 Å². The van der Waals surface area contributed by atoms with Gasteiger partial charge in [0.2, 0.25) is 16.3 Å². The fourth-order valence-corrected chi connectivity index (χ4v) is 1.26. The third-order valence-electron chi connectivity index (χ3n) is 1.73. The van der Waals surface area contributed by atoms with Gasteiger partial charge in [-0.2, -0.15) is 10.2 Å². The Morgan fingerprint density at radius 3 is 2.73 bits per heavy atom. The van der Waals surface area contributed by atoms with Crippen molar-refractivity contribution in [1.82, 2.24) is 9.97 Å². The molecule has 6 heteroatoms. The van der Waals surface area contributed by atoms with Gasteiger partial charge in [-0.25, -0.2) is 10.3 Å². The lowest BCUT2D eigenvalue weighted by molar-refractivity contribution is -0.498. The van der Waals surface area contributed by atoms with E-state index in [0.717, 1.165) is 5.69 Å². The van der Waals surface area contributed by atoms with E-state index in [4.69, 9.17) is 9.68 Å². The molecule has 5 nitrogen and oxygen atoms in total. The highest BCUT2D eigenvalue weighted by Gasteiger charge is 2.06. The lowest BCUT2D eigenvalue weighted by Gasteiger charge is -1.94. The van der Waals surface area contributed by atoms with Gasteiger partial charge in [0, 0.05) is 10.7 Å². The van der Waals surface area contributed by atoms with Crippen LogP contribution >= 0.6 is 0 Å². The monoisotopic (exact) mass is 213 g/mol. The van der Waals surface area contributed by atoms with Crippen molar-refractivity contribution in [1.29, 1.82) is 5.26 Å². The van der Waals surface area contributed by atoms with E-state index in [1.807, 2.05) is 6.07 Å². The Morgan fingerprint density at radius 1 is 1.33 bits per heavy atom. The molecule has 0 aliphatic rings. The van der Waals surface area contributed by atoms with Crippen LogP contribution in [0.15, 0.2) is 28.9 Å². The van der Waals surface area contributed by atoms with Gasteiger partial charge < -0.3 is 4.42 Å². The number of aromatic nitrogens is 2. The second-order valence-electron chi connectivity index (χ2n) is 2.83. The molecule has 2 N–H and O–H groups in total. The molecule has 70 valence electrons. The van der Waals surface area contributed by atoms with E-state index in [9.17, 15) is 0 Å². The molecule has 2 heterocycles. The van der Waals surface area contributed by atoms with E-state index >= 15 is 0 Å². The van der Waals surface area contributed by atoms with Gasteiger partial charge in [-0.05, 0) is 6.07 Å². The van der Waals surface area contributed by atoms with Crippen molar-refractivity contribution < 1.29 is 9.73 Å². The fraction of sp³-hybridized carbons (Fsp3) is 0. The summed E-state index contributed by atoms with van der Waals surface area (Å²) in [5, 5.41) is 10.3. The maximum absolute atomic E-state index is 8.57. The molecule has 0 aliphatic carbocycles. The van der Waals surface area contributed by atoms with E-state index in [-0.39, 0.29) is 0 Å². The summed E-state index contributed by atoms with van der Waals surface area (Å²) in [4.78, 5) is 7.95. The highest BCUT2D eigenvalue weighted by molar-refractivity contribution is 6.29. The van der Waals surface area contributed by atoms with Crippen molar-refractivity contribution in [3.8, 4) is 6.07 Å². The van der Waals surface area contributed by atoms with Crippen LogP contribution in [-0.4, -0.2) is 26.3 Å². The SMILES string of the molecule is N#Cc1ccc([NH2+]c2nc[c]([Al])o2)cn1. The summed E-state index contributed by atoms with van der Waals surface area (Å²) in [5.41, 5.74) is 1.24. The Morgan fingerprint density at radius 2 is 2.20 bits per heavy atom. The molecule has 0 unspecified atom stereocenters. The number of hydrogen-bond donors (Lipinski definition) is 1. The van der Waals surface area contributed by atoms with Gasteiger partial charge in [0.25, 0.3) is 0 Å². The zero-order valence-corrected chi connectivity index (χ0v) is 8.87. The summed E-state index contributed by atoms with van der Waals surface area (Å²) in [6.45, 7) is 0. The second kappa shape index (κ2) is 4.24. The van der Waals surface area contributed by atoms with Crippen molar-refractivity contribution in [3.05, 3.63) is 30.2 Å². The van der Waals surface area contributed by atoms with Crippen LogP contribution in [0.3, 0.4) is 0 Å². The standard InChI is InChI=1S/C9H5N4O.Al/c10-5-7-1-2-8(6-12-7)13-9-11-3-4-14-9;/h1-3,6H,(H,11,13);/p+1. The Kier molecular flexibility index (Phi) is 2.80. The molecule has 0 aliphatic heterocycles. The molecule has 2 aromatic heterocycles. The quantitative estimate of drug-likeness (QED) is 0.666. The van der Waals surface area contributed by atoms with Gasteiger partial charge in [-0.1, -0.05) is 0 Å². The molecule has 15 heavy (non-hydrogen) atoms. The molecule has 0 aromatic carbocycles. The summed E-state index contributed by atoms with van der Waals surface area (Å²) in [5.74, 6) is 0. The molecule has 2 rings (SSSR count). The fourth-order valence-electron chi connectivity index (χ4n) is 1.07. The normalized spacial score (nSPS) is 9.80. The maximum atomic E-state index is 8.57. The minimum absolute atomic E-state index is 0.395. The lowest BCUT2D eigenvalue weighted by Crippen LogP contribution is -2.71. The Balaban J connectivity index is 2.15. The van der Waals surface area contributed by atoms with Crippen LogP contribution < -0.4 is 9.94 Å². The largest absolute Gasteiger partial charge is 0.422 e. The van der Waals surface area contributed by atoms with Gasteiger partial charge in [-0.3, -0.25) is 0 Å². The van der Waals surface area contributed by atoms with Crippen molar-refractivity contribution in [2.75, 3.05) is 0 Å². The molecule has 0 amide bonds. The predicted octanol–water partition coefficient (Wildman–Crippen LogP) is -0.738. The third kappa shape index (κ3) is 2.42. The van der Waals surface area contributed by atoms with Crippen LogP contribution in [0.5, 0.6) is 0 Å². The Bertz CT molecular complexity index is 500. The first-order valence-electron chi connectivity index (χ1n) is 4.20. The van der Waals surface area contributed by atoms with E-state index in [1.54, 1.807) is 29.8 Å². The van der Waals surface area contributed by atoms with Crippen LogP contribution in [-0.2, 0) is 0 Å². The highest BCUT2D eigenvalue weighted by Crippen LogP contribution is 2.01. The first kappa shape index (κ1) is 9.88. The first-order valence-corrected chi connectivity index (χ1v) is 4.78. The molecule has 2 radical (unpaired) electrons. The predicted molar refractivity (Wildman–Crippen MR) is 52.1 cm³/mol. The van der Waals surface area contributed by atoms with Crippen LogP contribution in [0, 0.1) is 11.3 Å². The van der Waals surface area contributed by atoms with Gasteiger partial charge >= 0.3 is 6.01 Å². The minimum Gasteiger partial charge on any atom is -0.422 e. The molecule has 0 saturated carbocycles. The summed E-state index contributed by atoms with van der Waals surface area (Å²) >= 11 is 2.42. The zero-order valence-electron chi connectivity index (χ0n) is 7.71. The van der Waals surface area contributed by atoms with Gasteiger partial charge in [0.15, 0.2) is 5.69 Å². The topological polar surface area (TPSA) is 79.3 Å². The molecule has 0 saturated heterocycles. The number of nitrogens with zero attached hydrogens (tertiary/aromatic N) is 3. The van der Waals surface area contributed by atoms with Gasteiger partial charge in [-0.15, -0.1) is 0 Å². The Hall–Kier alpha value is -1.66. The van der Waals surface area contributed by atoms with Crippen LogP contribution in [0.1, 0.15) is 5.69 Å². The summed E-state index contributed by atoms with van der Waals surface area (Å²) in [6.07, 6.45) is 3.22. The Labute approximate surface area is 94.2 Å². The van der Waals surface area contributed by atoms with E-state index in [1.165, 1.54) is 0 Å². The van der Waals surface area contributed by atoms with Crippen molar-refractivity contribution in [3.63, 3.8) is 0 Å². The number of oxazole rings is 1. The summed E-state index contributed by atoms with van der Waals surface area (Å²) < 4.78 is 5.93. The number of nitrogens with two attached hydrogens (primary N) is 1. The summed E-state index contributed by atoms with van der Waals surface area (Å²) in [7, 11) is 0. The lowest BCUT2D eigenvalue weighted by atomic mass is 10.3. The maximum Gasteiger partial charge on any atom is 0.404 e.